The van der Waals surface area contributed by atoms with E-state index in [1.165, 1.54) is 4.90 Å². The highest BCUT2D eigenvalue weighted by Crippen LogP contribution is 2.48. The Labute approximate surface area is 241 Å². The maximum Gasteiger partial charge on any atom is 0.251 e. The van der Waals surface area contributed by atoms with Crippen LogP contribution >= 0.6 is 0 Å². The van der Waals surface area contributed by atoms with E-state index in [4.69, 9.17) is 24.9 Å². The van der Waals surface area contributed by atoms with Gasteiger partial charge in [0.25, 0.3) is 5.91 Å². The highest BCUT2D eigenvalue weighted by Gasteiger charge is 2.53. The molecule has 3 aliphatic rings. The van der Waals surface area contributed by atoms with Crippen LogP contribution in [-0.2, 0) is 14.3 Å². The Morgan fingerprint density at radius 2 is 2.05 bits per heavy atom. The second-order valence-corrected chi connectivity index (χ2v) is 11.4. The molecule has 0 saturated carbocycles. The molecule has 0 spiro atoms. The van der Waals surface area contributed by atoms with Crippen LogP contribution in [0.2, 0.25) is 0 Å². The number of carbonyl (C=O) groups excluding carboxylic acids is 2. The summed E-state index contributed by atoms with van der Waals surface area (Å²) in [5.41, 5.74) is 5.11. The molecule has 4 N–H and O–H groups in total. The largest absolute Gasteiger partial charge is 0.490 e. The second-order valence-electron chi connectivity index (χ2n) is 11.4. The Kier molecular flexibility index (Phi) is 8.38. The molecule has 4 atom stereocenters. The molecular weight excluding hydrogens is 524 g/mol. The van der Waals surface area contributed by atoms with Crippen LogP contribution in [0.1, 0.15) is 75.8 Å². The van der Waals surface area contributed by atoms with Crippen molar-refractivity contribution in [3.05, 3.63) is 65.5 Å². The first-order valence-electron chi connectivity index (χ1n) is 14.0. The van der Waals surface area contributed by atoms with Crippen LogP contribution in [0.25, 0.3) is 0 Å². The van der Waals surface area contributed by atoms with Crippen molar-refractivity contribution < 1.29 is 28.9 Å². The molecule has 2 amide bonds. The van der Waals surface area contributed by atoms with Crippen molar-refractivity contribution in [2.24, 2.45) is 10.7 Å². The van der Waals surface area contributed by atoms with E-state index >= 15 is 0 Å². The fraction of sp³-hybridized carbons (Fsp3) is 0.516. The minimum absolute atomic E-state index is 0.00285. The van der Waals surface area contributed by atoms with Crippen LogP contribution in [0.5, 0.6) is 5.75 Å². The average molecular weight is 567 g/mol. The topological polar surface area (TPSA) is 136 Å². The Balaban J connectivity index is 1.74. The van der Waals surface area contributed by atoms with Crippen molar-refractivity contribution in [3.63, 3.8) is 0 Å². The molecule has 10 heteroatoms. The van der Waals surface area contributed by atoms with E-state index in [9.17, 15) is 14.7 Å². The molecular formula is C31H42N4O6. The Morgan fingerprint density at radius 3 is 2.63 bits per heavy atom. The average Bonchev–Trinajstić information content (AvgIpc) is 3.21. The molecule has 0 radical (unpaired) electrons. The van der Waals surface area contributed by atoms with Crippen LogP contribution in [0.3, 0.4) is 0 Å². The van der Waals surface area contributed by atoms with E-state index in [1.54, 1.807) is 44.4 Å². The molecule has 0 bridgehead atoms. The number of hydrogen-bond donors (Lipinski definition) is 3. The molecule has 0 aliphatic carbocycles. The van der Waals surface area contributed by atoms with E-state index in [0.29, 0.717) is 41.1 Å². The van der Waals surface area contributed by atoms with Gasteiger partial charge in [0.1, 0.15) is 29.8 Å². The number of guanidine groups is 1. The molecule has 10 nitrogen and oxygen atoms in total. The number of nitrogens with zero attached hydrogens (tertiary/aromatic N) is 2. The zero-order chi connectivity index (χ0) is 30.2. The normalized spacial score (nSPS) is 29.1. The minimum atomic E-state index is -1.38. The summed E-state index contributed by atoms with van der Waals surface area (Å²) in [6, 6.07) is 3.62. The van der Waals surface area contributed by atoms with Gasteiger partial charge in [0.15, 0.2) is 11.6 Å². The van der Waals surface area contributed by atoms with E-state index in [2.05, 4.69) is 11.9 Å². The van der Waals surface area contributed by atoms with E-state index in [0.717, 1.165) is 0 Å². The predicted octanol–water partition coefficient (Wildman–Crippen LogP) is 3.53. The van der Waals surface area contributed by atoms with E-state index in [-0.39, 0.29) is 31.5 Å². The third-order valence-electron chi connectivity index (χ3n) is 8.39. The van der Waals surface area contributed by atoms with Gasteiger partial charge >= 0.3 is 0 Å². The smallest absolute Gasteiger partial charge is 0.251 e. The monoisotopic (exact) mass is 566 g/mol. The van der Waals surface area contributed by atoms with Gasteiger partial charge in [-0.05, 0) is 57.9 Å². The molecule has 41 heavy (non-hydrogen) atoms. The van der Waals surface area contributed by atoms with Gasteiger partial charge in [0.2, 0.25) is 5.91 Å². The van der Waals surface area contributed by atoms with Crippen molar-refractivity contribution in [1.82, 2.24) is 10.2 Å². The first-order valence-corrected chi connectivity index (χ1v) is 14.0. The fourth-order valence-electron chi connectivity index (χ4n) is 6.03. The van der Waals surface area contributed by atoms with E-state index < -0.39 is 34.7 Å². The lowest BCUT2D eigenvalue weighted by molar-refractivity contribution is -0.135. The van der Waals surface area contributed by atoms with Gasteiger partial charge in [-0.2, -0.15) is 0 Å². The van der Waals surface area contributed by atoms with Gasteiger partial charge in [-0.15, -0.1) is 0 Å². The van der Waals surface area contributed by atoms with Crippen molar-refractivity contribution >= 4 is 17.8 Å². The molecule has 3 aliphatic heterocycles. The number of allylic oxidation sites excluding steroid dienone is 2. The third kappa shape index (κ3) is 5.38. The van der Waals surface area contributed by atoms with Crippen molar-refractivity contribution in [2.75, 3.05) is 20.3 Å². The molecule has 4 rings (SSSR count). The lowest BCUT2D eigenvalue weighted by Gasteiger charge is -2.42. The quantitative estimate of drug-likeness (QED) is 0.416. The van der Waals surface area contributed by atoms with Crippen molar-refractivity contribution in [3.8, 4) is 5.75 Å². The zero-order valence-corrected chi connectivity index (χ0v) is 24.8. The lowest BCUT2D eigenvalue weighted by atomic mass is 9.85. The first-order chi connectivity index (χ1) is 19.4. The number of benzene rings is 1. The van der Waals surface area contributed by atoms with Gasteiger partial charge in [-0.3, -0.25) is 14.5 Å². The number of ether oxygens (including phenoxy) is 3. The number of amides is 2. The summed E-state index contributed by atoms with van der Waals surface area (Å²) < 4.78 is 17.6. The summed E-state index contributed by atoms with van der Waals surface area (Å²) in [6.07, 6.45) is 6.76. The molecule has 0 fully saturated rings. The first kappa shape index (κ1) is 30.3. The maximum absolute atomic E-state index is 13.7. The molecule has 0 unspecified atom stereocenters. The molecule has 3 heterocycles. The standard InChI is InChI=1S/C31H42N4O6/c1-8-12-22-20(9-2)25(29(5,38)17-40-22)33-27(37)19-13-14-23-21(15-19)26(30(6,41-23)18-39-7)35-24(36)16-31(10-3,11-4)34-28(35)32/h8-9,12-15,25-26,38H,2,10-11,16-18H2,1,3-7H3,(H2,32,34)(H,33,37)/b12-8-/t25-,26+,29-,30+/m1/s1. The Hall–Kier alpha value is -3.63. The van der Waals surface area contributed by atoms with Crippen LogP contribution in [0, 0.1) is 0 Å². The summed E-state index contributed by atoms with van der Waals surface area (Å²) in [6.45, 7) is 13.4. The highest BCUT2D eigenvalue weighted by atomic mass is 16.5. The summed E-state index contributed by atoms with van der Waals surface area (Å²) in [4.78, 5) is 33.6. The summed E-state index contributed by atoms with van der Waals surface area (Å²) in [5.74, 6) is 0.607. The Bertz CT molecular complexity index is 1310. The Morgan fingerprint density at radius 1 is 1.34 bits per heavy atom. The van der Waals surface area contributed by atoms with Gasteiger partial charge < -0.3 is 30.4 Å². The maximum atomic E-state index is 13.7. The van der Waals surface area contributed by atoms with Crippen LogP contribution in [0.4, 0.5) is 0 Å². The summed E-state index contributed by atoms with van der Waals surface area (Å²) in [7, 11) is 1.56. The van der Waals surface area contributed by atoms with Crippen molar-refractivity contribution in [2.45, 2.75) is 82.7 Å². The number of nitrogens with two attached hydrogens (primary N) is 1. The van der Waals surface area contributed by atoms with Crippen LogP contribution < -0.4 is 15.8 Å². The van der Waals surface area contributed by atoms with Gasteiger partial charge in [-0.1, -0.05) is 32.6 Å². The second kappa shape index (κ2) is 11.3. The number of rotatable bonds is 9. The zero-order valence-electron chi connectivity index (χ0n) is 24.8. The SMILES string of the molecule is C=CC1=C(/C=C\C)OC[C@@](C)(O)[C@@H]1NC(=O)c1ccc2c(c1)[C@H](N1C(=O)CC(CC)(CC)N=C1N)[C@](C)(COC)O2. The summed E-state index contributed by atoms with van der Waals surface area (Å²) in [5, 5.41) is 14.1. The lowest BCUT2D eigenvalue weighted by Crippen LogP contribution is -2.58. The molecule has 0 aromatic heterocycles. The van der Waals surface area contributed by atoms with Gasteiger partial charge in [-0.25, -0.2) is 4.99 Å². The molecule has 0 saturated heterocycles. The number of fused-ring (bicyclic) bond motifs is 1. The molecule has 1 aromatic rings. The number of methoxy groups -OCH3 is 1. The minimum Gasteiger partial charge on any atom is -0.490 e. The third-order valence-corrected chi connectivity index (χ3v) is 8.39. The van der Waals surface area contributed by atoms with Gasteiger partial charge in [0, 0.05) is 23.8 Å². The van der Waals surface area contributed by atoms with Crippen molar-refractivity contribution in [1.29, 1.82) is 0 Å². The number of aliphatic hydroxyl groups is 1. The van der Waals surface area contributed by atoms with Crippen LogP contribution in [-0.4, -0.2) is 70.9 Å². The highest BCUT2D eigenvalue weighted by molar-refractivity contribution is 6.00. The molecule has 222 valence electrons. The van der Waals surface area contributed by atoms with E-state index in [1.807, 2.05) is 33.8 Å². The predicted molar refractivity (Wildman–Crippen MR) is 156 cm³/mol. The van der Waals surface area contributed by atoms with Gasteiger partial charge in [0.05, 0.1) is 24.6 Å². The number of carbonyl (C=O) groups is 2. The number of hydrogen-bond acceptors (Lipinski definition) is 8. The molecule has 1 aromatic carbocycles. The number of nitrogens with one attached hydrogen (secondary N) is 1. The number of aliphatic imine (C=N–C) groups is 1. The summed E-state index contributed by atoms with van der Waals surface area (Å²) >= 11 is 0. The fourth-order valence-corrected chi connectivity index (χ4v) is 6.03. The van der Waals surface area contributed by atoms with Crippen LogP contribution in [0.15, 0.2) is 59.3 Å².